The number of aliphatic hydroxyl groups excluding tert-OH is 1. The minimum absolute atomic E-state index is 0.00772. The zero-order valence-corrected chi connectivity index (χ0v) is 10.2. The number of unbranched alkanes of at least 4 members (excludes halogenated alkanes) is 4. The number of hydrogen-bond donors (Lipinski definition) is 2. The molecule has 0 aromatic carbocycles. The molecule has 0 aliphatic heterocycles. The third-order valence-electron chi connectivity index (χ3n) is 1.36. The Kier molecular flexibility index (Phi) is 12.9. The van der Waals surface area contributed by atoms with E-state index in [9.17, 15) is 8.42 Å². The highest BCUT2D eigenvalue weighted by Crippen LogP contribution is 2.00. The average molecular weight is 236 g/mol. The fraction of sp³-hybridized carbons (Fsp3) is 0.800. The minimum atomic E-state index is -3.67. The molecule has 0 aliphatic carbocycles. The Morgan fingerprint density at radius 2 is 1.67 bits per heavy atom. The summed E-state index contributed by atoms with van der Waals surface area (Å²) in [4.78, 5) is 0. The molecule has 2 N–H and O–H groups in total. The molecular weight excluding hydrogens is 216 g/mol. The molecular formula is C10H20O4S. The van der Waals surface area contributed by atoms with Crippen LogP contribution in [0.15, 0.2) is 0 Å². The third kappa shape index (κ3) is 42.4. The zero-order chi connectivity index (χ0) is 12.2. The van der Waals surface area contributed by atoms with Gasteiger partial charge in [0.2, 0.25) is 0 Å². The van der Waals surface area contributed by atoms with Crippen LogP contribution in [0, 0.1) is 11.8 Å². The van der Waals surface area contributed by atoms with Crippen molar-refractivity contribution in [2.45, 2.75) is 39.0 Å². The lowest BCUT2D eigenvalue weighted by atomic mass is 10.2. The van der Waals surface area contributed by atoms with Crippen molar-refractivity contribution in [3.8, 4) is 11.8 Å². The first-order chi connectivity index (χ1) is 6.91. The molecule has 15 heavy (non-hydrogen) atoms. The van der Waals surface area contributed by atoms with E-state index < -0.39 is 10.1 Å². The molecule has 0 amide bonds. The SMILES string of the molecule is CCCCCCC#CCO.CS(=O)(=O)O. The van der Waals surface area contributed by atoms with Gasteiger partial charge in [-0.3, -0.25) is 4.55 Å². The van der Waals surface area contributed by atoms with Crippen molar-refractivity contribution in [1.29, 1.82) is 0 Å². The summed E-state index contributed by atoms with van der Waals surface area (Å²) in [5.41, 5.74) is 0. The predicted molar refractivity (Wildman–Crippen MR) is 61.1 cm³/mol. The fourth-order valence-electron chi connectivity index (χ4n) is 0.784. The lowest BCUT2D eigenvalue weighted by Crippen LogP contribution is -1.88. The first kappa shape index (κ1) is 16.8. The molecule has 0 rings (SSSR count). The van der Waals surface area contributed by atoms with Crippen LogP contribution in [0.4, 0.5) is 0 Å². The summed E-state index contributed by atoms with van der Waals surface area (Å²) in [5, 5.41) is 8.30. The number of hydrogen-bond acceptors (Lipinski definition) is 3. The van der Waals surface area contributed by atoms with Crippen molar-refractivity contribution >= 4 is 10.1 Å². The van der Waals surface area contributed by atoms with Crippen LogP contribution in [0.1, 0.15) is 39.0 Å². The van der Waals surface area contributed by atoms with E-state index in [4.69, 9.17) is 9.66 Å². The van der Waals surface area contributed by atoms with E-state index in [1.165, 1.54) is 25.7 Å². The highest BCUT2D eigenvalue weighted by atomic mass is 32.2. The molecule has 0 unspecified atom stereocenters. The summed E-state index contributed by atoms with van der Waals surface area (Å²) < 4.78 is 25.9. The number of aliphatic hydroxyl groups is 1. The van der Waals surface area contributed by atoms with Crippen LogP contribution in [-0.2, 0) is 10.1 Å². The van der Waals surface area contributed by atoms with E-state index in [0.717, 1.165) is 6.42 Å². The summed E-state index contributed by atoms with van der Waals surface area (Å²) >= 11 is 0. The molecule has 0 saturated heterocycles. The molecule has 5 heteroatoms. The van der Waals surface area contributed by atoms with Gasteiger partial charge in [0.15, 0.2) is 0 Å². The molecule has 0 aliphatic rings. The second-order valence-corrected chi connectivity index (χ2v) is 4.52. The van der Waals surface area contributed by atoms with Crippen LogP contribution in [0.3, 0.4) is 0 Å². The summed E-state index contributed by atoms with van der Waals surface area (Å²) in [6, 6.07) is 0. The first-order valence-corrected chi connectivity index (χ1v) is 6.75. The van der Waals surface area contributed by atoms with Gasteiger partial charge in [-0.25, -0.2) is 0 Å². The third-order valence-corrected chi connectivity index (χ3v) is 1.36. The van der Waals surface area contributed by atoms with Crippen molar-refractivity contribution in [3.05, 3.63) is 0 Å². The van der Waals surface area contributed by atoms with Gasteiger partial charge in [0.05, 0.1) is 6.26 Å². The quantitative estimate of drug-likeness (QED) is 0.440. The van der Waals surface area contributed by atoms with Gasteiger partial charge < -0.3 is 5.11 Å². The standard InChI is InChI=1S/C9H16O.CH4O3S/c1-2-3-4-5-6-7-8-9-10;1-5(2,3)4/h10H,2-6,9H2,1H3;1H3,(H,2,3,4). The van der Waals surface area contributed by atoms with Gasteiger partial charge in [0, 0.05) is 6.42 Å². The van der Waals surface area contributed by atoms with Crippen LogP contribution in [0.5, 0.6) is 0 Å². The van der Waals surface area contributed by atoms with Crippen LogP contribution in [0.2, 0.25) is 0 Å². The Bertz CT molecular complexity index is 264. The van der Waals surface area contributed by atoms with Gasteiger partial charge >= 0.3 is 0 Å². The molecule has 0 saturated carbocycles. The predicted octanol–water partition coefficient (Wildman–Crippen LogP) is 1.46. The van der Waals surface area contributed by atoms with E-state index >= 15 is 0 Å². The molecule has 0 radical (unpaired) electrons. The molecule has 0 aromatic rings. The molecule has 0 heterocycles. The lowest BCUT2D eigenvalue weighted by molar-refractivity contribution is 0.350. The highest BCUT2D eigenvalue weighted by Gasteiger charge is 1.82. The smallest absolute Gasteiger partial charge is 0.261 e. The monoisotopic (exact) mass is 236 g/mol. The van der Waals surface area contributed by atoms with Crippen molar-refractivity contribution in [2.24, 2.45) is 0 Å². The van der Waals surface area contributed by atoms with E-state index in [1.54, 1.807) is 0 Å². The van der Waals surface area contributed by atoms with Crippen molar-refractivity contribution in [1.82, 2.24) is 0 Å². The van der Waals surface area contributed by atoms with E-state index in [0.29, 0.717) is 6.26 Å². The van der Waals surface area contributed by atoms with Crippen molar-refractivity contribution in [2.75, 3.05) is 12.9 Å². The van der Waals surface area contributed by atoms with E-state index in [1.807, 2.05) is 0 Å². The molecule has 0 aromatic heterocycles. The second kappa shape index (κ2) is 11.5. The maximum absolute atomic E-state index is 9.19. The molecule has 0 bridgehead atoms. The maximum Gasteiger partial charge on any atom is 0.261 e. The van der Waals surface area contributed by atoms with Crippen molar-refractivity contribution in [3.63, 3.8) is 0 Å². The van der Waals surface area contributed by atoms with Gasteiger partial charge in [-0.1, -0.05) is 32.1 Å². The van der Waals surface area contributed by atoms with Crippen molar-refractivity contribution < 1.29 is 18.1 Å². The fourth-order valence-corrected chi connectivity index (χ4v) is 0.784. The maximum atomic E-state index is 9.19. The average Bonchev–Trinajstić information content (AvgIpc) is 2.08. The Morgan fingerprint density at radius 1 is 1.13 bits per heavy atom. The lowest BCUT2D eigenvalue weighted by Gasteiger charge is -1.91. The van der Waals surface area contributed by atoms with Crippen LogP contribution in [-0.4, -0.2) is 30.9 Å². The second-order valence-electron chi connectivity index (χ2n) is 3.06. The van der Waals surface area contributed by atoms with Crippen LogP contribution >= 0.6 is 0 Å². The van der Waals surface area contributed by atoms with E-state index in [2.05, 4.69) is 18.8 Å². The van der Waals surface area contributed by atoms with Crippen LogP contribution < -0.4 is 0 Å². The Balaban J connectivity index is 0. The summed E-state index contributed by atoms with van der Waals surface area (Å²) in [7, 11) is -3.67. The summed E-state index contributed by atoms with van der Waals surface area (Å²) in [5.74, 6) is 5.52. The van der Waals surface area contributed by atoms with Gasteiger partial charge in [-0.2, -0.15) is 8.42 Å². The Hall–Kier alpha value is -0.570. The Labute approximate surface area is 92.5 Å². The molecule has 90 valence electrons. The molecule has 0 atom stereocenters. The number of rotatable bonds is 4. The normalized spacial score (nSPS) is 9.60. The van der Waals surface area contributed by atoms with Gasteiger partial charge in [-0.15, -0.1) is 5.92 Å². The topological polar surface area (TPSA) is 74.6 Å². The molecule has 0 fully saturated rings. The van der Waals surface area contributed by atoms with Crippen LogP contribution in [0.25, 0.3) is 0 Å². The molecule has 0 spiro atoms. The zero-order valence-electron chi connectivity index (χ0n) is 9.36. The largest absolute Gasteiger partial charge is 0.384 e. The highest BCUT2D eigenvalue weighted by molar-refractivity contribution is 7.85. The summed E-state index contributed by atoms with van der Waals surface area (Å²) in [6.07, 6.45) is 6.69. The summed E-state index contributed by atoms with van der Waals surface area (Å²) in [6.45, 7) is 2.20. The molecule has 4 nitrogen and oxygen atoms in total. The van der Waals surface area contributed by atoms with E-state index in [-0.39, 0.29) is 6.61 Å². The van der Waals surface area contributed by atoms with Gasteiger partial charge in [-0.05, 0) is 6.42 Å². The Morgan fingerprint density at radius 3 is 2.07 bits per heavy atom. The van der Waals surface area contributed by atoms with Gasteiger partial charge in [0.25, 0.3) is 10.1 Å². The minimum Gasteiger partial charge on any atom is -0.384 e. The van der Waals surface area contributed by atoms with Gasteiger partial charge in [0.1, 0.15) is 6.61 Å². The first-order valence-electron chi connectivity index (χ1n) is 4.90.